The molecule has 0 aromatic rings. The van der Waals surface area contributed by atoms with Gasteiger partial charge in [0, 0.05) is 25.2 Å². The van der Waals surface area contributed by atoms with E-state index in [4.69, 9.17) is 5.84 Å². The second-order valence-corrected chi connectivity index (χ2v) is 3.20. The van der Waals surface area contributed by atoms with E-state index in [0.717, 1.165) is 19.5 Å². The molecule has 1 aliphatic rings. The van der Waals surface area contributed by atoms with Crippen molar-refractivity contribution in [2.24, 2.45) is 5.84 Å². The molecule has 0 unspecified atom stereocenters. The van der Waals surface area contributed by atoms with Gasteiger partial charge in [-0.1, -0.05) is 0 Å². The topological polar surface area (TPSA) is 49.6 Å². The fourth-order valence-electron chi connectivity index (χ4n) is 1.58. The Labute approximate surface area is 66.9 Å². The van der Waals surface area contributed by atoms with Crippen molar-refractivity contribution in [3.05, 3.63) is 0 Å². The number of carbonyl (C=O) groups excluding carboxylic acids is 1. The van der Waals surface area contributed by atoms with Crippen molar-refractivity contribution < 1.29 is 4.79 Å². The lowest BCUT2D eigenvalue weighted by Gasteiger charge is -2.40. The Hall–Kier alpha value is -0.610. The number of hydrogen-bond acceptors (Lipinski definition) is 3. The van der Waals surface area contributed by atoms with E-state index in [2.05, 4.69) is 0 Å². The van der Waals surface area contributed by atoms with Crippen molar-refractivity contribution in [1.82, 2.24) is 9.91 Å². The van der Waals surface area contributed by atoms with Gasteiger partial charge < -0.3 is 4.90 Å². The standard InChI is InChI=1S/C7H15N3O/c1-6-3-9(8)4-7(2)10(6)5-11/h5-7H,3-4,8H2,1-2H3/t6-,7+. The minimum Gasteiger partial charge on any atom is -0.337 e. The zero-order valence-electron chi connectivity index (χ0n) is 7.03. The van der Waals surface area contributed by atoms with Gasteiger partial charge >= 0.3 is 0 Å². The first-order valence-electron chi connectivity index (χ1n) is 3.87. The number of hydrazine groups is 1. The molecule has 4 nitrogen and oxygen atoms in total. The number of amides is 1. The van der Waals surface area contributed by atoms with Crippen molar-refractivity contribution >= 4 is 6.41 Å². The fourth-order valence-corrected chi connectivity index (χ4v) is 1.58. The molecule has 64 valence electrons. The monoisotopic (exact) mass is 157 g/mol. The van der Waals surface area contributed by atoms with Crippen molar-refractivity contribution in [2.45, 2.75) is 25.9 Å². The van der Waals surface area contributed by atoms with Crippen LogP contribution in [0.3, 0.4) is 0 Å². The van der Waals surface area contributed by atoms with E-state index < -0.39 is 0 Å². The molecule has 0 spiro atoms. The molecule has 0 saturated carbocycles. The molecule has 4 heteroatoms. The highest BCUT2D eigenvalue weighted by atomic mass is 16.1. The Balaban J connectivity index is 2.58. The smallest absolute Gasteiger partial charge is 0.210 e. The van der Waals surface area contributed by atoms with Gasteiger partial charge in [-0.05, 0) is 13.8 Å². The molecule has 1 fully saturated rings. The number of hydrogen-bond donors (Lipinski definition) is 1. The van der Waals surface area contributed by atoms with Crippen LogP contribution in [0.1, 0.15) is 13.8 Å². The second-order valence-electron chi connectivity index (χ2n) is 3.20. The SMILES string of the molecule is C[C@@H]1CN(N)C[C@H](C)N1C=O. The van der Waals surface area contributed by atoms with Crippen LogP contribution in [0.25, 0.3) is 0 Å². The molecule has 1 saturated heterocycles. The van der Waals surface area contributed by atoms with Crippen molar-refractivity contribution in [2.75, 3.05) is 13.1 Å². The normalized spacial score (nSPS) is 33.9. The third-order valence-corrected chi connectivity index (χ3v) is 2.14. The summed E-state index contributed by atoms with van der Waals surface area (Å²) in [6, 6.07) is 0.475. The molecule has 0 bridgehead atoms. The van der Waals surface area contributed by atoms with Crippen molar-refractivity contribution in [3.8, 4) is 0 Å². The molecule has 1 aliphatic heterocycles. The first-order chi connectivity index (χ1) is 5.15. The summed E-state index contributed by atoms with van der Waals surface area (Å²) >= 11 is 0. The molecule has 11 heavy (non-hydrogen) atoms. The zero-order chi connectivity index (χ0) is 8.43. The molecule has 2 atom stereocenters. The predicted octanol–water partition coefficient (Wildman–Crippen LogP) is -0.589. The first kappa shape index (κ1) is 8.49. The van der Waals surface area contributed by atoms with Crippen LogP contribution in [-0.4, -0.2) is 41.5 Å². The van der Waals surface area contributed by atoms with Gasteiger partial charge in [0.2, 0.25) is 6.41 Å². The van der Waals surface area contributed by atoms with E-state index in [1.807, 2.05) is 18.7 Å². The van der Waals surface area contributed by atoms with Crippen LogP contribution in [0.2, 0.25) is 0 Å². The third-order valence-electron chi connectivity index (χ3n) is 2.14. The van der Waals surface area contributed by atoms with Crippen LogP contribution in [0.15, 0.2) is 0 Å². The van der Waals surface area contributed by atoms with Crippen molar-refractivity contribution in [3.63, 3.8) is 0 Å². The minimum atomic E-state index is 0.237. The zero-order valence-corrected chi connectivity index (χ0v) is 7.03. The van der Waals surface area contributed by atoms with Gasteiger partial charge in [0.1, 0.15) is 0 Å². The average Bonchev–Trinajstić information content (AvgIpc) is 1.85. The lowest BCUT2D eigenvalue weighted by molar-refractivity contribution is -0.125. The largest absolute Gasteiger partial charge is 0.337 e. The van der Waals surface area contributed by atoms with E-state index in [-0.39, 0.29) is 12.1 Å². The Kier molecular flexibility index (Phi) is 2.46. The van der Waals surface area contributed by atoms with Gasteiger partial charge in [-0.25, -0.2) is 5.01 Å². The molecular weight excluding hydrogens is 142 g/mol. The number of piperazine rings is 1. The highest BCUT2D eigenvalue weighted by Crippen LogP contribution is 2.09. The molecule has 0 aromatic heterocycles. The highest BCUT2D eigenvalue weighted by molar-refractivity contribution is 5.48. The maximum absolute atomic E-state index is 10.6. The minimum absolute atomic E-state index is 0.237. The van der Waals surface area contributed by atoms with Crippen LogP contribution < -0.4 is 5.84 Å². The molecule has 0 aliphatic carbocycles. The molecule has 2 N–H and O–H groups in total. The lowest BCUT2D eigenvalue weighted by atomic mass is 10.1. The summed E-state index contributed by atoms with van der Waals surface area (Å²) in [7, 11) is 0. The molecule has 0 aromatic carbocycles. The van der Waals surface area contributed by atoms with Crippen LogP contribution in [0, 0.1) is 0 Å². The Morgan fingerprint density at radius 3 is 2.18 bits per heavy atom. The molecule has 0 radical (unpaired) electrons. The quantitative estimate of drug-likeness (QED) is 0.409. The van der Waals surface area contributed by atoms with E-state index in [9.17, 15) is 4.79 Å². The summed E-state index contributed by atoms with van der Waals surface area (Å²) in [6.07, 6.45) is 0.905. The van der Waals surface area contributed by atoms with Gasteiger partial charge in [0.15, 0.2) is 0 Å². The summed E-state index contributed by atoms with van der Waals surface area (Å²) in [4.78, 5) is 12.4. The third kappa shape index (κ3) is 1.70. The Bertz CT molecular complexity index is 139. The van der Waals surface area contributed by atoms with Gasteiger partial charge in [-0.2, -0.15) is 0 Å². The fraction of sp³-hybridized carbons (Fsp3) is 0.857. The summed E-state index contributed by atoms with van der Waals surface area (Å²) in [6.45, 7) is 5.54. The summed E-state index contributed by atoms with van der Waals surface area (Å²) < 4.78 is 0. The Morgan fingerprint density at radius 2 is 1.82 bits per heavy atom. The number of nitrogens with two attached hydrogens (primary N) is 1. The molecular formula is C7H15N3O. The number of carbonyl (C=O) groups is 1. The maximum atomic E-state index is 10.6. The Morgan fingerprint density at radius 1 is 1.36 bits per heavy atom. The summed E-state index contributed by atoms with van der Waals surface area (Å²) in [5.74, 6) is 5.62. The van der Waals surface area contributed by atoms with Gasteiger partial charge in [0.25, 0.3) is 0 Å². The van der Waals surface area contributed by atoms with E-state index in [0.29, 0.717) is 0 Å². The van der Waals surface area contributed by atoms with Crippen LogP contribution in [0.4, 0.5) is 0 Å². The summed E-state index contributed by atoms with van der Waals surface area (Å²) in [5, 5.41) is 1.76. The number of rotatable bonds is 1. The van der Waals surface area contributed by atoms with E-state index in [1.165, 1.54) is 0 Å². The first-order valence-corrected chi connectivity index (χ1v) is 3.87. The van der Waals surface area contributed by atoms with Gasteiger partial charge in [-0.15, -0.1) is 0 Å². The molecule has 1 rings (SSSR count). The second kappa shape index (κ2) is 3.19. The van der Waals surface area contributed by atoms with Gasteiger partial charge in [-0.3, -0.25) is 10.6 Å². The molecule has 1 amide bonds. The molecule has 1 heterocycles. The van der Waals surface area contributed by atoms with E-state index >= 15 is 0 Å². The number of nitrogens with zero attached hydrogens (tertiary/aromatic N) is 2. The van der Waals surface area contributed by atoms with Gasteiger partial charge in [0.05, 0.1) is 0 Å². The summed E-state index contributed by atoms with van der Waals surface area (Å²) in [5.41, 5.74) is 0. The average molecular weight is 157 g/mol. The van der Waals surface area contributed by atoms with E-state index in [1.54, 1.807) is 5.01 Å². The van der Waals surface area contributed by atoms with Crippen LogP contribution in [-0.2, 0) is 4.79 Å². The van der Waals surface area contributed by atoms with Crippen LogP contribution >= 0.6 is 0 Å². The maximum Gasteiger partial charge on any atom is 0.210 e. The van der Waals surface area contributed by atoms with Crippen molar-refractivity contribution in [1.29, 1.82) is 0 Å². The lowest BCUT2D eigenvalue weighted by Crippen LogP contribution is -2.58. The highest BCUT2D eigenvalue weighted by Gasteiger charge is 2.26. The van der Waals surface area contributed by atoms with Crippen LogP contribution in [0.5, 0.6) is 0 Å². The predicted molar refractivity (Wildman–Crippen MR) is 42.6 cm³/mol.